The van der Waals surface area contributed by atoms with Crippen LogP contribution < -0.4 is 10.1 Å². The Bertz CT molecular complexity index is 734. The monoisotopic (exact) mass is 356 g/mol. The predicted molar refractivity (Wildman–Crippen MR) is 100.0 cm³/mol. The minimum Gasteiger partial charge on any atom is -0.494 e. The molecule has 0 bridgehead atoms. The molecule has 0 aromatic heterocycles. The highest BCUT2D eigenvalue weighted by molar-refractivity contribution is 7.99. The summed E-state index contributed by atoms with van der Waals surface area (Å²) in [6.45, 7) is 2.52. The topological polar surface area (TPSA) is 58.6 Å². The number of carbonyl (C=O) groups excluding carboxylic acids is 2. The highest BCUT2D eigenvalue weighted by Crippen LogP contribution is 2.25. The van der Waals surface area contributed by atoms with Crippen LogP contribution in [0.1, 0.15) is 17.3 Å². The Morgan fingerprint density at radius 1 is 1.16 bits per heavy atom. The smallest absolute Gasteiger partial charge is 0.255 e. The van der Waals surface area contributed by atoms with Gasteiger partial charge in [-0.05, 0) is 43.3 Å². The van der Waals surface area contributed by atoms with Crippen molar-refractivity contribution in [2.24, 2.45) is 0 Å². The van der Waals surface area contributed by atoms with Crippen LogP contribution in [0.25, 0.3) is 0 Å². The molecule has 1 saturated heterocycles. The molecule has 0 radical (unpaired) electrons. The van der Waals surface area contributed by atoms with Crippen molar-refractivity contribution in [3.05, 3.63) is 60.2 Å². The Morgan fingerprint density at radius 3 is 2.56 bits per heavy atom. The molecular weight excluding hydrogens is 336 g/mol. The second-order valence-corrected chi connectivity index (χ2v) is 6.60. The summed E-state index contributed by atoms with van der Waals surface area (Å²) in [6.07, 6.45) is 0. The third-order valence-corrected chi connectivity index (χ3v) is 4.91. The third kappa shape index (κ3) is 4.14. The van der Waals surface area contributed by atoms with E-state index in [2.05, 4.69) is 5.32 Å². The van der Waals surface area contributed by atoms with Crippen molar-refractivity contribution >= 4 is 29.3 Å². The van der Waals surface area contributed by atoms with Crippen molar-refractivity contribution in [3.63, 3.8) is 0 Å². The van der Waals surface area contributed by atoms with Gasteiger partial charge < -0.3 is 15.0 Å². The molecule has 1 fully saturated rings. The summed E-state index contributed by atoms with van der Waals surface area (Å²) in [5.74, 6) is 1.60. The molecule has 130 valence electrons. The van der Waals surface area contributed by atoms with Crippen LogP contribution in [0, 0.1) is 0 Å². The molecule has 0 saturated carbocycles. The van der Waals surface area contributed by atoms with Crippen molar-refractivity contribution in [2.45, 2.75) is 13.0 Å². The van der Waals surface area contributed by atoms with E-state index in [4.69, 9.17) is 4.74 Å². The highest BCUT2D eigenvalue weighted by atomic mass is 32.2. The van der Waals surface area contributed by atoms with Crippen molar-refractivity contribution in [3.8, 4) is 5.75 Å². The maximum atomic E-state index is 12.6. The van der Waals surface area contributed by atoms with Crippen LogP contribution in [0.3, 0.4) is 0 Å². The van der Waals surface area contributed by atoms with Crippen LogP contribution in [0.4, 0.5) is 5.69 Å². The molecule has 0 aliphatic carbocycles. The van der Waals surface area contributed by atoms with Gasteiger partial charge in [-0.2, -0.15) is 0 Å². The van der Waals surface area contributed by atoms with Crippen molar-refractivity contribution in [1.29, 1.82) is 0 Å². The minimum atomic E-state index is -0.468. The van der Waals surface area contributed by atoms with Gasteiger partial charge in [0.05, 0.1) is 12.5 Å². The lowest BCUT2D eigenvalue weighted by molar-refractivity contribution is -0.119. The Hall–Kier alpha value is -2.47. The van der Waals surface area contributed by atoms with Crippen LogP contribution in [0.5, 0.6) is 5.75 Å². The first-order valence-corrected chi connectivity index (χ1v) is 9.32. The van der Waals surface area contributed by atoms with E-state index in [1.807, 2.05) is 37.3 Å². The summed E-state index contributed by atoms with van der Waals surface area (Å²) >= 11 is 1.59. The SMILES string of the molecule is CCOc1ccc(NC(=O)C2CSCN2C(=O)c2ccccc2)cc1. The van der Waals surface area contributed by atoms with Gasteiger partial charge in [0.1, 0.15) is 11.8 Å². The van der Waals surface area contributed by atoms with Crippen LogP contribution in [-0.4, -0.2) is 41.0 Å². The molecule has 3 rings (SSSR count). The molecule has 1 heterocycles. The van der Waals surface area contributed by atoms with E-state index in [0.717, 1.165) is 5.75 Å². The van der Waals surface area contributed by atoms with Crippen LogP contribution in [0.15, 0.2) is 54.6 Å². The van der Waals surface area contributed by atoms with E-state index in [1.54, 1.807) is 40.9 Å². The maximum absolute atomic E-state index is 12.6. The summed E-state index contributed by atoms with van der Waals surface area (Å²) in [4.78, 5) is 26.9. The molecule has 1 unspecified atom stereocenters. The summed E-state index contributed by atoms with van der Waals surface area (Å²) in [7, 11) is 0. The number of hydrogen-bond acceptors (Lipinski definition) is 4. The van der Waals surface area contributed by atoms with Crippen molar-refractivity contribution in [1.82, 2.24) is 4.90 Å². The lowest BCUT2D eigenvalue weighted by atomic mass is 10.1. The zero-order chi connectivity index (χ0) is 17.6. The molecule has 2 aromatic carbocycles. The van der Waals surface area contributed by atoms with E-state index < -0.39 is 6.04 Å². The first-order valence-electron chi connectivity index (χ1n) is 8.16. The van der Waals surface area contributed by atoms with Crippen LogP contribution >= 0.6 is 11.8 Å². The number of hydrogen-bond donors (Lipinski definition) is 1. The van der Waals surface area contributed by atoms with Crippen molar-refractivity contribution in [2.75, 3.05) is 23.6 Å². The molecule has 1 N–H and O–H groups in total. The highest BCUT2D eigenvalue weighted by Gasteiger charge is 2.35. The fraction of sp³-hybridized carbons (Fsp3) is 0.263. The first kappa shape index (κ1) is 17.4. The second kappa shape index (κ2) is 8.07. The fourth-order valence-corrected chi connectivity index (χ4v) is 3.79. The molecule has 6 heteroatoms. The predicted octanol–water partition coefficient (Wildman–Crippen LogP) is 3.24. The number of nitrogens with one attached hydrogen (secondary N) is 1. The molecule has 2 amide bonds. The molecular formula is C19H20N2O3S. The number of benzene rings is 2. The van der Waals surface area contributed by atoms with Gasteiger partial charge in [0.15, 0.2) is 0 Å². The van der Waals surface area contributed by atoms with Gasteiger partial charge in [-0.15, -0.1) is 11.8 Å². The lowest BCUT2D eigenvalue weighted by Gasteiger charge is -2.23. The summed E-state index contributed by atoms with van der Waals surface area (Å²) in [5, 5.41) is 2.89. The molecule has 0 spiro atoms. The maximum Gasteiger partial charge on any atom is 0.255 e. The zero-order valence-electron chi connectivity index (χ0n) is 14.0. The van der Waals surface area contributed by atoms with Crippen LogP contribution in [-0.2, 0) is 4.79 Å². The molecule has 1 atom stereocenters. The number of amides is 2. The molecule has 1 aliphatic heterocycles. The van der Waals surface area contributed by atoms with E-state index in [0.29, 0.717) is 29.5 Å². The average molecular weight is 356 g/mol. The van der Waals surface area contributed by atoms with E-state index in [9.17, 15) is 9.59 Å². The fourth-order valence-electron chi connectivity index (χ4n) is 2.63. The molecule has 2 aromatic rings. The van der Waals surface area contributed by atoms with Gasteiger partial charge in [0.25, 0.3) is 5.91 Å². The lowest BCUT2D eigenvalue weighted by Crippen LogP contribution is -2.44. The van der Waals surface area contributed by atoms with Gasteiger partial charge in [-0.3, -0.25) is 9.59 Å². The van der Waals surface area contributed by atoms with Crippen molar-refractivity contribution < 1.29 is 14.3 Å². The molecule has 1 aliphatic rings. The summed E-state index contributed by atoms with van der Waals surface area (Å²) in [5.41, 5.74) is 1.29. The van der Waals surface area contributed by atoms with Gasteiger partial charge in [-0.1, -0.05) is 18.2 Å². The molecule has 25 heavy (non-hydrogen) atoms. The summed E-state index contributed by atoms with van der Waals surface area (Å²) in [6, 6.07) is 15.8. The van der Waals surface area contributed by atoms with E-state index >= 15 is 0 Å². The number of thioether (sulfide) groups is 1. The normalized spacial score (nSPS) is 16.5. The molecule has 5 nitrogen and oxygen atoms in total. The number of rotatable bonds is 5. The Balaban J connectivity index is 1.67. The van der Waals surface area contributed by atoms with Gasteiger partial charge >= 0.3 is 0 Å². The largest absolute Gasteiger partial charge is 0.494 e. The Morgan fingerprint density at radius 2 is 1.88 bits per heavy atom. The first-order chi connectivity index (χ1) is 12.2. The zero-order valence-corrected chi connectivity index (χ0v) is 14.8. The Kier molecular flexibility index (Phi) is 5.60. The number of anilines is 1. The van der Waals surface area contributed by atoms with E-state index in [-0.39, 0.29) is 11.8 Å². The minimum absolute atomic E-state index is 0.113. The second-order valence-electron chi connectivity index (χ2n) is 5.60. The number of nitrogens with zero attached hydrogens (tertiary/aromatic N) is 1. The number of carbonyl (C=O) groups is 2. The van der Waals surface area contributed by atoms with E-state index in [1.165, 1.54) is 0 Å². The Labute approximate surface area is 151 Å². The standard InChI is InChI=1S/C19H20N2O3S/c1-2-24-16-10-8-15(9-11-16)20-18(22)17-12-25-13-21(17)19(23)14-6-4-3-5-7-14/h3-11,17H,2,12-13H2,1H3,(H,20,22). The van der Waals surface area contributed by atoms with Crippen LogP contribution in [0.2, 0.25) is 0 Å². The average Bonchev–Trinajstić information content (AvgIpc) is 3.13. The summed E-state index contributed by atoms with van der Waals surface area (Å²) < 4.78 is 5.39. The third-order valence-electron chi connectivity index (χ3n) is 3.90. The quantitative estimate of drug-likeness (QED) is 0.893. The number of ether oxygens (including phenoxy) is 1. The van der Waals surface area contributed by atoms with Gasteiger partial charge in [0, 0.05) is 17.0 Å². The van der Waals surface area contributed by atoms with Gasteiger partial charge in [-0.25, -0.2) is 0 Å². The van der Waals surface area contributed by atoms with Gasteiger partial charge in [0.2, 0.25) is 5.91 Å².